The third kappa shape index (κ3) is 4.92. The van der Waals surface area contributed by atoms with Crippen LogP contribution in [0.5, 0.6) is 0 Å². The summed E-state index contributed by atoms with van der Waals surface area (Å²) >= 11 is 0. The summed E-state index contributed by atoms with van der Waals surface area (Å²) in [6, 6.07) is 17.1. The normalized spacial score (nSPS) is 11.6. The lowest BCUT2D eigenvalue weighted by atomic mass is 10.2. The van der Waals surface area contributed by atoms with Crippen LogP contribution in [0, 0.1) is 0 Å². The van der Waals surface area contributed by atoms with Gasteiger partial charge in [-0.2, -0.15) is 0 Å². The molecule has 0 fully saturated rings. The van der Waals surface area contributed by atoms with Crippen molar-refractivity contribution in [2.45, 2.75) is 11.4 Å². The molecule has 0 radical (unpaired) electrons. The Morgan fingerprint density at radius 1 is 0.963 bits per heavy atom. The number of nitrogens with one attached hydrogen (secondary N) is 2. The van der Waals surface area contributed by atoms with Crippen molar-refractivity contribution in [2.75, 3.05) is 11.6 Å². The van der Waals surface area contributed by atoms with Crippen LogP contribution in [-0.2, 0) is 17.3 Å². The Labute approximate surface area is 159 Å². The number of rotatable bonds is 6. The first kappa shape index (κ1) is 18.6. The SMILES string of the molecule is CS(=O)c1ccc(C(=O)NCc2ccc(NC(=O)c3ccco3)cc2)cc1. The zero-order valence-electron chi connectivity index (χ0n) is 14.6. The van der Waals surface area contributed by atoms with E-state index in [-0.39, 0.29) is 17.6 Å². The van der Waals surface area contributed by atoms with Crippen LogP contribution in [0.3, 0.4) is 0 Å². The molecule has 138 valence electrons. The van der Waals surface area contributed by atoms with Gasteiger partial charge in [0.25, 0.3) is 11.8 Å². The summed E-state index contributed by atoms with van der Waals surface area (Å²) in [5, 5.41) is 5.56. The summed E-state index contributed by atoms with van der Waals surface area (Å²) in [5.74, 6) is -0.291. The Bertz CT molecular complexity index is 949. The molecule has 1 aromatic heterocycles. The number of carbonyl (C=O) groups is 2. The van der Waals surface area contributed by atoms with Gasteiger partial charge in [-0.25, -0.2) is 0 Å². The summed E-state index contributed by atoms with van der Waals surface area (Å²) in [6.07, 6.45) is 3.03. The van der Waals surface area contributed by atoms with Gasteiger partial charge in [-0.15, -0.1) is 0 Å². The number of benzene rings is 2. The minimum atomic E-state index is -1.07. The molecule has 1 atom stereocenters. The molecule has 2 aromatic carbocycles. The smallest absolute Gasteiger partial charge is 0.291 e. The maximum atomic E-state index is 12.2. The van der Waals surface area contributed by atoms with Crippen LogP contribution in [0.1, 0.15) is 26.5 Å². The summed E-state index contributed by atoms with van der Waals surface area (Å²) < 4.78 is 16.4. The number of furan rings is 1. The molecule has 0 aliphatic carbocycles. The number of hydrogen-bond acceptors (Lipinski definition) is 4. The summed E-state index contributed by atoms with van der Waals surface area (Å²) in [4.78, 5) is 24.8. The molecule has 1 unspecified atom stereocenters. The fourth-order valence-electron chi connectivity index (χ4n) is 2.39. The largest absolute Gasteiger partial charge is 0.459 e. The Kier molecular flexibility index (Phi) is 5.83. The van der Waals surface area contributed by atoms with Crippen molar-refractivity contribution >= 4 is 28.3 Å². The molecule has 1 heterocycles. The van der Waals surface area contributed by atoms with E-state index in [0.29, 0.717) is 22.7 Å². The molecule has 0 aliphatic rings. The monoisotopic (exact) mass is 382 g/mol. The van der Waals surface area contributed by atoms with Crippen molar-refractivity contribution < 1.29 is 18.2 Å². The van der Waals surface area contributed by atoms with Gasteiger partial charge >= 0.3 is 0 Å². The summed E-state index contributed by atoms with van der Waals surface area (Å²) in [7, 11) is -1.07. The van der Waals surface area contributed by atoms with E-state index in [0.717, 1.165) is 5.56 Å². The summed E-state index contributed by atoms with van der Waals surface area (Å²) in [5.41, 5.74) is 2.03. The fraction of sp³-hybridized carbons (Fsp3) is 0.100. The highest BCUT2D eigenvalue weighted by Gasteiger charge is 2.09. The van der Waals surface area contributed by atoms with Crippen LogP contribution in [0.15, 0.2) is 76.2 Å². The second kappa shape index (κ2) is 8.46. The standard InChI is InChI=1S/C20H18N2O4S/c1-27(25)17-10-6-15(7-11-17)19(23)21-13-14-4-8-16(9-5-14)22-20(24)18-3-2-12-26-18/h2-12H,13H2,1H3,(H,21,23)(H,22,24). The highest BCUT2D eigenvalue weighted by atomic mass is 32.2. The van der Waals surface area contributed by atoms with Gasteiger partial charge < -0.3 is 15.1 Å². The number of anilines is 1. The molecule has 7 heteroatoms. The maximum Gasteiger partial charge on any atom is 0.291 e. The molecule has 3 rings (SSSR count). The molecule has 0 spiro atoms. The average Bonchev–Trinajstić information content (AvgIpc) is 3.22. The van der Waals surface area contributed by atoms with E-state index < -0.39 is 10.8 Å². The molecular weight excluding hydrogens is 364 g/mol. The average molecular weight is 382 g/mol. The van der Waals surface area contributed by atoms with Gasteiger partial charge in [-0.1, -0.05) is 12.1 Å². The zero-order chi connectivity index (χ0) is 19.2. The first-order valence-corrected chi connectivity index (χ1v) is 9.74. The van der Waals surface area contributed by atoms with Gasteiger partial charge in [-0.05, 0) is 54.1 Å². The van der Waals surface area contributed by atoms with Crippen molar-refractivity contribution in [3.8, 4) is 0 Å². The molecular formula is C20H18N2O4S. The van der Waals surface area contributed by atoms with Crippen LogP contribution < -0.4 is 10.6 Å². The van der Waals surface area contributed by atoms with Crippen LogP contribution in [0.25, 0.3) is 0 Å². The lowest BCUT2D eigenvalue weighted by Crippen LogP contribution is -2.22. The predicted molar refractivity (Wildman–Crippen MR) is 103 cm³/mol. The third-order valence-electron chi connectivity index (χ3n) is 3.86. The van der Waals surface area contributed by atoms with Gasteiger partial charge in [0.05, 0.1) is 6.26 Å². The molecule has 3 aromatic rings. The fourth-order valence-corrected chi connectivity index (χ4v) is 2.91. The molecule has 0 aliphatic heterocycles. The Morgan fingerprint density at radius 3 is 2.26 bits per heavy atom. The Balaban J connectivity index is 1.54. The van der Waals surface area contributed by atoms with E-state index in [1.165, 1.54) is 6.26 Å². The van der Waals surface area contributed by atoms with Gasteiger partial charge in [0.1, 0.15) is 0 Å². The first-order valence-electron chi connectivity index (χ1n) is 8.18. The lowest BCUT2D eigenvalue weighted by molar-refractivity contribution is 0.0949. The summed E-state index contributed by atoms with van der Waals surface area (Å²) in [6.45, 7) is 0.354. The van der Waals surface area contributed by atoms with Gasteiger partial charge in [0.2, 0.25) is 0 Å². The van der Waals surface area contributed by atoms with Crippen LogP contribution >= 0.6 is 0 Å². The van der Waals surface area contributed by atoms with Crippen molar-refractivity contribution in [1.82, 2.24) is 5.32 Å². The van der Waals surface area contributed by atoms with Crippen LogP contribution in [0.2, 0.25) is 0 Å². The minimum Gasteiger partial charge on any atom is -0.459 e. The van der Waals surface area contributed by atoms with Crippen molar-refractivity contribution in [3.05, 3.63) is 83.8 Å². The van der Waals surface area contributed by atoms with E-state index in [2.05, 4.69) is 10.6 Å². The van der Waals surface area contributed by atoms with E-state index in [1.54, 1.807) is 54.8 Å². The lowest BCUT2D eigenvalue weighted by Gasteiger charge is -2.08. The quantitative estimate of drug-likeness (QED) is 0.685. The number of amides is 2. The second-order valence-electron chi connectivity index (χ2n) is 5.79. The molecule has 27 heavy (non-hydrogen) atoms. The molecule has 0 saturated heterocycles. The predicted octanol–water partition coefficient (Wildman–Crippen LogP) is 3.20. The molecule has 0 bridgehead atoms. The number of carbonyl (C=O) groups excluding carboxylic acids is 2. The molecule has 0 saturated carbocycles. The van der Waals surface area contributed by atoms with Crippen LogP contribution in [-0.4, -0.2) is 22.3 Å². The molecule has 2 amide bonds. The van der Waals surface area contributed by atoms with Gasteiger partial charge in [-0.3, -0.25) is 13.8 Å². The van der Waals surface area contributed by atoms with Gasteiger partial charge in [0.15, 0.2) is 5.76 Å². The molecule has 6 nitrogen and oxygen atoms in total. The molecule has 2 N–H and O–H groups in total. The highest BCUT2D eigenvalue weighted by molar-refractivity contribution is 7.84. The third-order valence-corrected chi connectivity index (χ3v) is 4.79. The van der Waals surface area contributed by atoms with Crippen molar-refractivity contribution in [2.24, 2.45) is 0 Å². The van der Waals surface area contributed by atoms with E-state index in [9.17, 15) is 13.8 Å². The van der Waals surface area contributed by atoms with E-state index in [4.69, 9.17) is 4.42 Å². The Morgan fingerprint density at radius 2 is 1.67 bits per heavy atom. The topological polar surface area (TPSA) is 88.4 Å². The van der Waals surface area contributed by atoms with Crippen LogP contribution in [0.4, 0.5) is 5.69 Å². The maximum absolute atomic E-state index is 12.2. The first-order chi connectivity index (χ1) is 13.0. The van der Waals surface area contributed by atoms with Crippen molar-refractivity contribution in [3.63, 3.8) is 0 Å². The minimum absolute atomic E-state index is 0.210. The van der Waals surface area contributed by atoms with E-state index in [1.807, 2.05) is 12.1 Å². The highest BCUT2D eigenvalue weighted by Crippen LogP contribution is 2.12. The van der Waals surface area contributed by atoms with E-state index >= 15 is 0 Å². The van der Waals surface area contributed by atoms with Gasteiger partial charge in [0, 0.05) is 39.7 Å². The van der Waals surface area contributed by atoms with Crippen molar-refractivity contribution in [1.29, 1.82) is 0 Å². The number of hydrogen-bond donors (Lipinski definition) is 2. The zero-order valence-corrected chi connectivity index (χ0v) is 15.4. The Hall–Kier alpha value is -3.19. The second-order valence-corrected chi connectivity index (χ2v) is 7.17.